The first-order valence-electron chi connectivity index (χ1n) is 9.37. The maximum atomic E-state index is 12.8. The number of fused-ring (bicyclic) bond motifs is 1. The average Bonchev–Trinajstić information content (AvgIpc) is 3.43. The molecule has 8 nitrogen and oxygen atoms in total. The molecule has 30 heavy (non-hydrogen) atoms. The van der Waals surface area contributed by atoms with E-state index in [0.29, 0.717) is 41.0 Å². The van der Waals surface area contributed by atoms with Crippen LogP contribution >= 0.6 is 11.6 Å². The number of rotatable bonds is 3. The van der Waals surface area contributed by atoms with Crippen molar-refractivity contribution in [2.24, 2.45) is 0 Å². The summed E-state index contributed by atoms with van der Waals surface area (Å²) < 4.78 is 13.5. The van der Waals surface area contributed by atoms with Crippen molar-refractivity contribution in [3.05, 3.63) is 59.6 Å². The fourth-order valence-electron chi connectivity index (χ4n) is 3.55. The van der Waals surface area contributed by atoms with Crippen molar-refractivity contribution in [3.63, 3.8) is 0 Å². The van der Waals surface area contributed by atoms with Gasteiger partial charge in [-0.2, -0.15) is 5.10 Å². The Morgan fingerprint density at radius 3 is 2.70 bits per heavy atom. The number of aromatic amines is 1. The predicted molar refractivity (Wildman–Crippen MR) is 115 cm³/mol. The third-order valence-corrected chi connectivity index (χ3v) is 6.73. The third-order valence-electron chi connectivity index (χ3n) is 5.14. The molecule has 0 bridgehead atoms. The minimum absolute atomic E-state index is 0.0756. The number of carbonyl (C=O) groups excluding carboxylic acids is 1. The van der Waals surface area contributed by atoms with Gasteiger partial charge < -0.3 is 9.47 Å². The van der Waals surface area contributed by atoms with Gasteiger partial charge >= 0.3 is 0 Å². The van der Waals surface area contributed by atoms with E-state index in [1.165, 1.54) is 6.33 Å². The molecule has 1 amide bonds. The Morgan fingerprint density at radius 2 is 1.97 bits per heavy atom. The summed E-state index contributed by atoms with van der Waals surface area (Å²) in [5.74, 6) is 1.59. The summed E-state index contributed by atoms with van der Waals surface area (Å²) in [5, 5.41) is 8.06. The van der Waals surface area contributed by atoms with E-state index >= 15 is 0 Å². The Kier molecular flexibility index (Phi) is 4.84. The van der Waals surface area contributed by atoms with Crippen LogP contribution in [0.1, 0.15) is 10.4 Å². The Labute approximate surface area is 179 Å². The number of hydrogen-bond acceptors (Lipinski definition) is 5. The topological polar surface area (TPSA) is 96.8 Å². The van der Waals surface area contributed by atoms with Crippen molar-refractivity contribution >= 4 is 39.3 Å². The summed E-state index contributed by atoms with van der Waals surface area (Å²) in [6.07, 6.45) is 4.93. The molecule has 152 valence electrons. The molecular formula is C20H17ClN6O2S. The van der Waals surface area contributed by atoms with Gasteiger partial charge in [0.15, 0.2) is 5.82 Å². The number of amides is 1. The van der Waals surface area contributed by atoms with Crippen LogP contribution in [0.2, 0.25) is 5.02 Å². The zero-order chi connectivity index (χ0) is 20.7. The summed E-state index contributed by atoms with van der Waals surface area (Å²) >= 11 is 6.46. The van der Waals surface area contributed by atoms with E-state index in [-0.39, 0.29) is 5.91 Å². The molecule has 10 heteroatoms. The van der Waals surface area contributed by atoms with Crippen molar-refractivity contribution in [2.75, 3.05) is 24.6 Å². The van der Waals surface area contributed by atoms with Crippen LogP contribution in [-0.2, 0) is 10.8 Å². The van der Waals surface area contributed by atoms with Crippen LogP contribution in [0.15, 0.2) is 49.1 Å². The molecule has 5 rings (SSSR count). The number of halogens is 1. The van der Waals surface area contributed by atoms with Crippen LogP contribution in [0.3, 0.4) is 0 Å². The molecule has 1 aliphatic heterocycles. The normalized spacial score (nSPS) is 15.0. The van der Waals surface area contributed by atoms with E-state index in [0.717, 1.165) is 22.3 Å². The van der Waals surface area contributed by atoms with Crippen LogP contribution in [-0.4, -0.2) is 64.3 Å². The monoisotopic (exact) mass is 440 g/mol. The fourth-order valence-corrected chi connectivity index (χ4v) is 4.87. The van der Waals surface area contributed by atoms with Gasteiger partial charge in [0, 0.05) is 64.4 Å². The quantitative estimate of drug-likeness (QED) is 0.528. The maximum absolute atomic E-state index is 12.8. The third kappa shape index (κ3) is 3.40. The molecule has 1 aromatic carbocycles. The number of hydrogen-bond donors (Lipinski definition) is 1. The Hall–Kier alpha value is -3.04. The fraction of sp³-hybridized carbons (Fsp3) is 0.200. The highest BCUT2D eigenvalue weighted by Gasteiger charge is 2.22. The van der Waals surface area contributed by atoms with Crippen molar-refractivity contribution in [1.29, 1.82) is 0 Å². The number of benzene rings is 1. The largest absolute Gasteiger partial charge is 0.337 e. The summed E-state index contributed by atoms with van der Waals surface area (Å²) in [5.41, 5.74) is 2.88. The molecule has 0 radical (unpaired) electrons. The van der Waals surface area contributed by atoms with Crippen LogP contribution in [0.5, 0.6) is 0 Å². The lowest BCUT2D eigenvalue weighted by Crippen LogP contribution is -2.41. The number of carbonyl (C=O) groups is 1. The first-order valence-corrected chi connectivity index (χ1v) is 11.2. The lowest BCUT2D eigenvalue weighted by atomic mass is 10.2. The second-order valence-electron chi connectivity index (χ2n) is 6.96. The van der Waals surface area contributed by atoms with Gasteiger partial charge in [-0.15, -0.1) is 0 Å². The minimum atomic E-state index is -0.821. The van der Waals surface area contributed by atoms with Gasteiger partial charge in [-0.25, -0.2) is 9.97 Å². The molecule has 3 aromatic heterocycles. The molecule has 0 atom stereocenters. The molecule has 4 aromatic rings. The Bertz CT molecular complexity index is 1260. The molecule has 1 fully saturated rings. The van der Waals surface area contributed by atoms with E-state index in [1.54, 1.807) is 11.1 Å². The standard InChI is InChI=1S/C20H17ClN6O2S/c21-17-10-15(1-2-16(17)18-23-12-24-25-18)27-4-3-13-9-14(11-22-19(13)27)20(28)26-5-7-30(29)8-6-26/h1-4,9-12H,5-8H2,(H,23,24,25). The van der Waals surface area contributed by atoms with Crippen LogP contribution < -0.4 is 0 Å². The van der Waals surface area contributed by atoms with Gasteiger partial charge in [-0.05, 0) is 30.3 Å². The molecular weight excluding hydrogens is 424 g/mol. The lowest BCUT2D eigenvalue weighted by molar-refractivity contribution is 0.0771. The highest BCUT2D eigenvalue weighted by atomic mass is 35.5. The van der Waals surface area contributed by atoms with Crippen LogP contribution in [0.25, 0.3) is 28.1 Å². The van der Waals surface area contributed by atoms with Crippen LogP contribution in [0.4, 0.5) is 0 Å². The number of H-pyrrole nitrogens is 1. The second kappa shape index (κ2) is 7.66. The number of aromatic nitrogens is 5. The zero-order valence-corrected chi connectivity index (χ0v) is 17.4. The van der Waals surface area contributed by atoms with E-state index in [4.69, 9.17) is 11.6 Å². The van der Waals surface area contributed by atoms with Crippen molar-refractivity contribution in [3.8, 4) is 17.1 Å². The number of pyridine rings is 1. The average molecular weight is 441 g/mol. The van der Waals surface area contributed by atoms with E-state index in [9.17, 15) is 9.00 Å². The molecule has 4 heterocycles. The lowest BCUT2D eigenvalue weighted by Gasteiger charge is -2.26. The second-order valence-corrected chi connectivity index (χ2v) is 9.06. The molecule has 1 N–H and O–H groups in total. The highest BCUT2D eigenvalue weighted by Crippen LogP contribution is 2.29. The van der Waals surface area contributed by atoms with Gasteiger partial charge in [0.1, 0.15) is 12.0 Å². The predicted octanol–water partition coefficient (Wildman–Crippen LogP) is 2.67. The summed E-state index contributed by atoms with van der Waals surface area (Å²) in [7, 11) is -0.821. The van der Waals surface area contributed by atoms with Gasteiger partial charge in [-0.1, -0.05) is 11.6 Å². The molecule has 0 saturated carbocycles. The molecule has 0 aliphatic carbocycles. The van der Waals surface area contributed by atoms with E-state index < -0.39 is 10.8 Å². The number of nitrogens with one attached hydrogen (secondary N) is 1. The SMILES string of the molecule is O=C(c1cnc2c(ccn2-c2ccc(-c3ncn[nH]3)c(Cl)c2)c1)N1CCS(=O)CC1. The summed E-state index contributed by atoms with van der Waals surface area (Å²) in [6, 6.07) is 9.41. The van der Waals surface area contributed by atoms with Crippen LogP contribution in [0, 0.1) is 0 Å². The molecule has 0 spiro atoms. The van der Waals surface area contributed by atoms with Gasteiger partial charge in [0.05, 0.1) is 10.6 Å². The van der Waals surface area contributed by atoms with Crippen molar-refractivity contribution in [1.82, 2.24) is 29.6 Å². The smallest absolute Gasteiger partial charge is 0.255 e. The highest BCUT2D eigenvalue weighted by molar-refractivity contribution is 7.85. The molecule has 0 unspecified atom stereocenters. The zero-order valence-electron chi connectivity index (χ0n) is 15.8. The van der Waals surface area contributed by atoms with Crippen molar-refractivity contribution < 1.29 is 9.00 Å². The van der Waals surface area contributed by atoms with Gasteiger partial charge in [0.2, 0.25) is 0 Å². The van der Waals surface area contributed by atoms with Crippen molar-refractivity contribution in [2.45, 2.75) is 0 Å². The Balaban J connectivity index is 1.45. The molecule has 1 saturated heterocycles. The van der Waals surface area contributed by atoms with Gasteiger partial charge in [-0.3, -0.25) is 14.1 Å². The van der Waals surface area contributed by atoms with Gasteiger partial charge in [0.25, 0.3) is 5.91 Å². The summed E-state index contributed by atoms with van der Waals surface area (Å²) in [4.78, 5) is 23.2. The first kappa shape index (κ1) is 19.0. The van der Waals surface area contributed by atoms with E-state index in [2.05, 4.69) is 20.2 Å². The summed E-state index contributed by atoms with van der Waals surface area (Å²) in [6.45, 7) is 1.03. The Morgan fingerprint density at radius 1 is 1.13 bits per heavy atom. The molecule has 1 aliphatic rings. The number of nitrogens with zero attached hydrogens (tertiary/aromatic N) is 5. The first-order chi connectivity index (χ1) is 14.6. The van der Waals surface area contributed by atoms with E-state index in [1.807, 2.05) is 41.1 Å². The minimum Gasteiger partial charge on any atom is -0.337 e. The maximum Gasteiger partial charge on any atom is 0.255 e.